The minimum Gasteiger partial charge on any atom is -0.495 e. The SMILES string of the molecule is COc1ccc(CN(C)C)cc1NC(=O)[C@@H](NC(=O)OCc1ccccc1)c1ccc(OCc2ccccc2)cc1. The molecule has 1 atom stereocenters. The van der Waals surface area contributed by atoms with Gasteiger partial charge in [0, 0.05) is 6.54 Å². The Bertz CT molecular complexity index is 1410. The molecule has 4 aromatic rings. The third-order valence-corrected chi connectivity index (χ3v) is 6.22. The number of carbonyl (C=O) groups excluding carboxylic acids is 2. The van der Waals surface area contributed by atoms with E-state index in [9.17, 15) is 9.59 Å². The minimum absolute atomic E-state index is 0.0771. The minimum atomic E-state index is -1.04. The van der Waals surface area contributed by atoms with Gasteiger partial charge >= 0.3 is 6.09 Å². The highest BCUT2D eigenvalue weighted by Crippen LogP contribution is 2.28. The average molecular weight is 554 g/mol. The quantitative estimate of drug-likeness (QED) is 0.226. The molecule has 0 aliphatic heterocycles. The zero-order valence-corrected chi connectivity index (χ0v) is 23.5. The standard InChI is InChI=1S/C33H35N3O5/c1-36(2)21-26-14-19-30(39-3)29(20-26)34-32(37)31(35-33(38)41-23-25-12-8-5-9-13-25)27-15-17-28(18-16-27)40-22-24-10-6-4-7-11-24/h4-20,31H,21-23H2,1-3H3,(H,34,37)(H,35,38)/t31-/m0/s1. The van der Waals surface area contributed by atoms with Crippen LogP contribution in [0.2, 0.25) is 0 Å². The molecule has 0 heterocycles. The third-order valence-electron chi connectivity index (χ3n) is 6.22. The fraction of sp³-hybridized carbons (Fsp3) is 0.212. The molecule has 0 bridgehead atoms. The van der Waals surface area contributed by atoms with Crippen LogP contribution in [-0.2, 0) is 29.3 Å². The normalized spacial score (nSPS) is 11.4. The van der Waals surface area contributed by atoms with Gasteiger partial charge in [0.15, 0.2) is 0 Å². The van der Waals surface area contributed by atoms with Gasteiger partial charge in [-0.05, 0) is 60.6 Å². The van der Waals surface area contributed by atoms with Gasteiger partial charge in [-0.1, -0.05) is 78.9 Å². The van der Waals surface area contributed by atoms with Crippen molar-refractivity contribution in [3.05, 3.63) is 125 Å². The van der Waals surface area contributed by atoms with Crippen LogP contribution in [-0.4, -0.2) is 38.1 Å². The van der Waals surface area contributed by atoms with Gasteiger partial charge < -0.3 is 29.7 Å². The predicted octanol–water partition coefficient (Wildman–Crippen LogP) is 5.94. The van der Waals surface area contributed by atoms with Crippen LogP contribution in [0.3, 0.4) is 0 Å². The number of alkyl carbamates (subject to hydrolysis) is 1. The molecule has 0 aliphatic rings. The number of nitrogens with zero attached hydrogens (tertiary/aromatic N) is 1. The Morgan fingerprint density at radius 2 is 1.41 bits per heavy atom. The molecule has 212 valence electrons. The zero-order valence-electron chi connectivity index (χ0n) is 23.5. The molecule has 8 nitrogen and oxygen atoms in total. The number of rotatable bonds is 12. The van der Waals surface area contributed by atoms with E-state index in [0.717, 1.165) is 16.7 Å². The lowest BCUT2D eigenvalue weighted by Gasteiger charge is -2.21. The maximum atomic E-state index is 13.6. The summed E-state index contributed by atoms with van der Waals surface area (Å²) in [6, 6.07) is 30.8. The van der Waals surface area contributed by atoms with E-state index in [2.05, 4.69) is 10.6 Å². The van der Waals surface area contributed by atoms with E-state index in [1.54, 1.807) is 31.4 Å². The van der Waals surface area contributed by atoms with Crippen LogP contribution >= 0.6 is 0 Å². The van der Waals surface area contributed by atoms with Gasteiger partial charge in [-0.2, -0.15) is 0 Å². The van der Waals surface area contributed by atoms with Crippen molar-refractivity contribution >= 4 is 17.7 Å². The maximum Gasteiger partial charge on any atom is 0.408 e. The predicted molar refractivity (Wildman–Crippen MR) is 159 cm³/mol. The largest absolute Gasteiger partial charge is 0.495 e. The first kappa shape index (κ1) is 29.2. The number of carbonyl (C=O) groups is 2. The number of nitrogens with one attached hydrogen (secondary N) is 2. The van der Waals surface area contributed by atoms with Crippen LogP contribution in [0, 0.1) is 0 Å². The number of ether oxygens (including phenoxy) is 3. The van der Waals surface area contributed by atoms with Gasteiger partial charge in [0.25, 0.3) is 5.91 Å². The van der Waals surface area contributed by atoms with E-state index in [0.29, 0.717) is 35.9 Å². The Balaban J connectivity index is 1.52. The van der Waals surface area contributed by atoms with Crippen molar-refractivity contribution in [2.45, 2.75) is 25.8 Å². The first-order valence-corrected chi connectivity index (χ1v) is 13.3. The second-order valence-electron chi connectivity index (χ2n) is 9.74. The van der Waals surface area contributed by atoms with Crippen LogP contribution in [0.5, 0.6) is 11.5 Å². The number of hydrogen-bond acceptors (Lipinski definition) is 6. The molecule has 41 heavy (non-hydrogen) atoms. The first-order chi connectivity index (χ1) is 19.9. The Labute approximate surface area is 240 Å². The monoisotopic (exact) mass is 553 g/mol. The Morgan fingerprint density at radius 1 is 0.780 bits per heavy atom. The third kappa shape index (κ3) is 8.84. The van der Waals surface area contributed by atoms with Crippen molar-refractivity contribution in [1.29, 1.82) is 0 Å². The van der Waals surface area contributed by atoms with Gasteiger partial charge in [-0.25, -0.2) is 4.79 Å². The summed E-state index contributed by atoms with van der Waals surface area (Å²) in [6.45, 7) is 1.18. The van der Waals surface area contributed by atoms with Crippen LogP contribution in [0.25, 0.3) is 0 Å². The zero-order chi connectivity index (χ0) is 29.0. The van der Waals surface area contributed by atoms with Gasteiger partial charge in [-0.3, -0.25) is 4.79 Å². The van der Waals surface area contributed by atoms with E-state index < -0.39 is 18.0 Å². The van der Waals surface area contributed by atoms with Crippen LogP contribution in [0.4, 0.5) is 10.5 Å². The van der Waals surface area contributed by atoms with E-state index >= 15 is 0 Å². The molecule has 2 N–H and O–H groups in total. The molecule has 8 heteroatoms. The van der Waals surface area contributed by atoms with E-state index in [-0.39, 0.29) is 6.61 Å². The summed E-state index contributed by atoms with van der Waals surface area (Å²) in [4.78, 5) is 28.5. The molecular formula is C33H35N3O5. The second kappa shape index (κ2) is 14.5. The molecular weight excluding hydrogens is 518 g/mol. The molecule has 4 aromatic carbocycles. The molecule has 0 aromatic heterocycles. The molecule has 0 saturated carbocycles. The van der Waals surface area contributed by atoms with Crippen molar-refractivity contribution in [3.63, 3.8) is 0 Å². The first-order valence-electron chi connectivity index (χ1n) is 13.3. The van der Waals surface area contributed by atoms with E-state index in [1.165, 1.54) is 0 Å². The summed E-state index contributed by atoms with van der Waals surface area (Å²) < 4.78 is 16.8. The van der Waals surface area contributed by atoms with Crippen LogP contribution < -0.4 is 20.1 Å². The van der Waals surface area contributed by atoms with Gasteiger partial charge in [-0.15, -0.1) is 0 Å². The lowest BCUT2D eigenvalue weighted by atomic mass is 10.1. The Morgan fingerprint density at radius 3 is 2.02 bits per heavy atom. The van der Waals surface area contributed by atoms with Crippen LogP contribution in [0.15, 0.2) is 103 Å². The summed E-state index contributed by atoms with van der Waals surface area (Å²) in [7, 11) is 5.48. The summed E-state index contributed by atoms with van der Waals surface area (Å²) in [6.07, 6.45) is -0.716. The fourth-order valence-electron chi connectivity index (χ4n) is 4.20. The smallest absolute Gasteiger partial charge is 0.408 e. The fourth-order valence-corrected chi connectivity index (χ4v) is 4.20. The van der Waals surface area contributed by atoms with Gasteiger partial charge in [0.2, 0.25) is 0 Å². The number of anilines is 1. The topological polar surface area (TPSA) is 89.1 Å². The molecule has 0 aliphatic carbocycles. The van der Waals surface area contributed by atoms with Crippen molar-refractivity contribution in [1.82, 2.24) is 10.2 Å². The Hall–Kier alpha value is -4.82. The molecule has 0 unspecified atom stereocenters. The molecule has 0 spiro atoms. The number of benzene rings is 4. The molecule has 0 radical (unpaired) electrons. The van der Waals surface area contributed by atoms with E-state index in [1.807, 2.05) is 97.9 Å². The van der Waals surface area contributed by atoms with Gasteiger partial charge in [0.05, 0.1) is 12.8 Å². The van der Waals surface area contributed by atoms with E-state index in [4.69, 9.17) is 14.2 Å². The summed E-state index contributed by atoms with van der Waals surface area (Å²) >= 11 is 0. The molecule has 4 rings (SSSR count). The maximum absolute atomic E-state index is 13.6. The highest BCUT2D eigenvalue weighted by atomic mass is 16.5. The lowest BCUT2D eigenvalue weighted by molar-refractivity contribution is -0.118. The average Bonchev–Trinajstić information content (AvgIpc) is 2.99. The van der Waals surface area contributed by atoms with Crippen molar-refractivity contribution in [2.75, 3.05) is 26.5 Å². The number of amides is 2. The summed E-state index contributed by atoms with van der Waals surface area (Å²) in [5.41, 5.74) is 3.95. The highest BCUT2D eigenvalue weighted by Gasteiger charge is 2.25. The molecule has 2 amide bonds. The second-order valence-corrected chi connectivity index (χ2v) is 9.74. The summed E-state index contributed by atoms with van der Waals surface area (Å²) in [5, 5.41) is 5.65. The van der Waals surface area contributed by atoms with Crippen LogP contribution in [0.1, 0.15) is 28.3 Å². The number of hydrogen-bond donors (Lipinski definition) is 2. The van der Waals surface area contributed by atoms with Gasteiger partial charge in [0.1, 0.15) is 30.8 Å². The number of methoxy groups -OCH3 is 1. The highest BCUT2D eigenvalue weighted by molar-refractivity contribution is 5.98. The van der Waals surface area contributed by atoms with Crippen molar-refractivity contribution in [2.24, 2.45) is 0 Å². The van der Waals surface area contributed by atoms with Crippen molar-refractivity contribution in [3.8, 4) is 11.5 Å². The Kier molecular flexibility index (Phi) is 10.3. The lowest BCUT2D eigenvalue weighted by Crippen LogP contribution is -2.37. The summed E-state index contributed by atoms with van der Waals surface area (Å²) in [5.74, 6) is 0.706. The molecule has 0 saturated heterocycles. The van der Waals surface area contributed by atoms with Crippen molar-refractivity contribution < 1.29 is 23.8 Å². The molecule has 0 fully saturated rings.